The van der Waals surface area contributed by atoms with Crippen molar-refractivity contribution in [1.82, 2.24) is 0 Å². The number of aliphatic hydroxyl groups is 3. The molecule has 6 unspecified atom stereocenters. The largest absolute Gasteiger partial charge is 0.507 e. The number of hydrogen-bond donors (Lipinski definition) is 9. The van der Waals surface area contributed by atoms with Crippen molar-refractivity contribution < 1.29 is 74.5 Å². The number of benzene rings is 3. The maximum Gasteiger partial charge on any atom is 0.338 e. The highest BCUT2D eigenvalue weighted by Gasteiger charge is 2.46. The topological polar surface area (TPSA) is 253 Å². The number of rotatable bonds is 6. The fourth-order valence-corrected chi connectivity index (χ4v) is 4.66. The van der Waals surface area contributed by atoms with E-state index in [-0.39, 0.29) is 34.8 Å². The van der Waals surface area contributed by atoms with E-state index < -0.39 is 83.9 Å². The second kappa shape index (κ2) is 11.4. The van der Waals surface area contributed by atoms with Gasteiger partial charge in [-0.25, -0.2) is 4.79 Å². The van der Waals surface area contributed by atoms with Crippen molar-refractivity contribution in [3.05, 3.63) is 59.2 Å². The van der Waals surface area contributed by atoms with Crippen LogP contribution in [0.25, 0.3) is 0 Å². The number of aromatic hydroxyl groups is 6. The summed E-state index contributed by atoms with van der Waals surface area (Å²) in [5.41, 5.74) is -0.145. The highest BCUT2D eigenvalue weighted by Crippen LogP contribution is 2.43. The molecule has 0 spiro atoms. The zero-order valence-corrected chi connectivity index (χ0v) is 21.9. The lowest BCUT2D eigenvalue weighted by molar-refractivity contribution is -0.277. The van der Waals surface area contributed by atoms with E-state index in [4.69, 9.17) is 18.9 Å². The SMILES string of the molecule is O=C(OCC1OC(Oc2cc(O)c3c(c2)OC(c2ccc(O)c(O)c2)CC3=O)C(O)C(O)C1O)c1cc(O)c(O)c(O)c1. The lowest BCUT2D eigenvalue weighted by atomic mass is 9.95. The highest BCUT2D eigenvalue weighted by atomic mass is 16.7. The number of hydrogen-bond acceptors (Lipinski definition) is 15. The number of carbonyl (C=O) groups excluding carboxylic acids is 2. The Morgan fingerprint density at radius 2 is 1.51 bits per heavy atom. The first kappa shape index (κ1) is 29.5. The monoisotopic (exact) mass is 602 g/mol. The summed E-state index contributed by atoms with van der Waals surface area (Å²) in [5, 5.41) is 89.8. The standard InChI is InChI=1S/C28H26O15/c29-13-2-1-10(3-14(13)30)19-8-16(32)22-15(31)6-12(7-20(22)42-19)41-28-26(38)25(37)24(36)21(43-28)9-40-27(39)11-4-17(33)23(35)18(34)5-11/h1-7,19,21,24-26,28-31,33-38H,8-9H2. The van der Waals surface area contributed by atoms with Gasteiger partial charge < -0.3 is 64.9 Å². The number of phenolic OH excluding ortho intramolecular Hbond substituents is 6. The van der Waals surface area contributed by atoms with E-state index in [2.05, 4.69) is 0 Å². The molecule has 15 nitrogen and oxygen atoms in total. The van der Waals surface area contributed by atoms with Crippen LogP contribution in [-0.2, 0) is 9.47 Å². The van der Waals surface area contributed by atoms with E-state index in [9.17, 15) is 55.5 Å². The number of Topliss-reactive ketones (excluding diaryl/α,β-unsaturated/α-hetero) is 1. The third kappa shape index (κ3) is 5.74. The lowest BCUT2D eigenvalue weighted by Gasteiger charge is -2.40. The van der Waals surface area contributed by atoms with E-state index in [1.165, 1.54) is 24.3 Å². The molecule has 9 N–H and O–H groups in total. The van der Waals surface area contributed by atoms with Crippen LogP contribution in [-0.4, -0.2) is 95.0 Å². The number of phenols is 6. The zero-order chi connectivity index (χ0) is 31.2. The Kier molecular flexibility index (Phi) is 7.81. The molecule has 228 valence electrons. The van der Waals surface area contributed by atoms with E-state index in [1.54, 1.807) is 0 Å². The van der Waals surface area contributed by atoms with Gasteiger partial charge >= 0.3 is 5.97 Å². The molecular formula is C28H26O15. The Labute approximate surface area is 241 Å². The molecule has 15 heteroatoms. The van der Waals surface area contributed by atoms with Gasteiger partial charge in [0.05, 0.1) is 12.0 Å². The third-order valence-electron chi connectivity index (χ3n) is 6.95. The molecule has 1 fully saturated rings. The molecule has 0 radical (unpaired) electrons. The molecule has 6 atom stereocenters. The maximum atomic E-state index is 12.8. The van der Waals surface area contributed by atoms with Gasteiger partial charge in [-0.15, -0.1) is 0 Å². The fraction of sp³-hybridized carbons (Fsp3) is 0.286. The second-order valence-electron chi connectivity index (χ2n) is 9.89. The zero-order valence-electron chi connectivity index (χ0n) is 21.9. The van der Waals surface area contributed by atoms with Crippen molar-refractivity contribution in [3.63, 3.8) is 0 Å². The molecular weight excluding hydrogens is 576 g/mol. The van der Waals surface area contributed by atoms with Gasteiger partial charge in [-0.05, 0) is 29.8 Å². The number of aliphatic hydroxyl groups excluding tert-OH is 3. The van der Waals surface area contributed by atoms with E-state index in [1.807, 2.05) is 0 Å². The first-order valence-electron chi connectivity index (χ1n) is 12.7. The van der Waals surface area contributed by atoms with Gasteiger partial charge in [0.15, 0.2) is 34.5 Å². The highest BCUT2D eigenvalue weighted by molar-refractivity contribution is 6.02. The summed E-state index contributed by atoms with van der Waals surface area (Å²) in [6, 6.07) is 7.78. The molecule has 3 aromatic rings. The summed E-state index contributed by atoms with van der Waals surface area (Å²) >= 11 is 0. The van der Waals surface area contributed by atoms with Crippen molar-refractivity contribution >= 4 is 11.8 Å². The van der Waals surface area contributed by atoms with Crippen LogP contribution in [0.5, 0.6) is 46.0 Å². The van der Waals surface area contributed by atoms with Gasteiger partial charge in [0.1, 0.15) is 59.9 Å². The minimum Gasteiger partial charge on any atom is -0.507 e. The molecule has 43 heavy (non-hydrogen) atoms. The van der Waals surface area contributed by atoms with Crippen molar-refractivity contribution in [1.29, 1.82) is 0 Å². The lowest BCUT2D eigenvalue weighted by Crippen LogP contribution is -2.60. The van der Waals surface area contributed by atoms with Gasteiger partial charge in [-0.2, -0.15) is 0 Å². The summed E-state index contributed by atoms with van der Waals surface area (Å²) in [6.07, 6.45) is -9.67. The average molecular weight is 603 g/mol. The van der Waals surface area contributed by atoms with Gasteiger partial charge in [0.25, 0.3) is 0 Å². The molecule has 0 aromatic heterocycles. The Morgan fingerprint density at radius 3 is 2.19 bits per heavy atom. The summed E-state index contributed by atoms with van der Waals surface area (Å²) in [5.74, 6) is -5.65. The van der Waals surface area contributed by atoms with Gasteiger partial charge in [-0.1, -0.05) is 6.07 Å². The fourth-order valence-electron chi connectivity index (χ4n) is 4.66. The van der Waals surface area contributed by atoms with Crippen LogP contribution in [0.1, 0.15) is 38.8 Å². The van der Waals surface area contributed by atoms with Crippen LogP contribution in [0.3, 0.4) is 0 Å². The number of ether oxygens (including phenoxy) is 4. The Hall–Kier alpha value is -4.96. The molecule has 2 aliphatic heterocycles. The molecule has 0 amide bonds. The molecule has 0 bridgehead atoms. The van der Waals surface area contributed by atoms with Crippen LogP contribution in [0.4, 0.5) is 0 Å². The first-order chi connectivity index (χ1) is 20.3. The molecule has 5 rings (SSSR count). The molecule has 0 aliphatic carbocycles. The number of esters is 1. The predicted molar refractivity (Wildman–Crippen MR) is 139 cm³/mol. The quantitative estimate of drug-likeness (QED) is 0.139. The predicted octanol–water partition coefficient (Wildman–Crippen LogP) is 0.670. The van der Waals surface area contributed by atoms with Crippen LogP contribution in [0, 0.1) is 0 Å². The minimum absolute atomic E-state index is 0.111. The average Bonchev–Trinajstić information content (AvgIpc) is 2.96. The van der Waals surface area contributed by atoms with E-state index in [0.29, 0.717) is 5.56 Å². The van der Waals surface area contributed by atoms with Crippen molar-refractivity contribution in [3.8, 4) is 46.0 Å². The van der Waals surface area contributed by atoms with Crippen LogP contribution < -0.4 is 9.47 Å². The van der Waals surface area contributed by atoms with Crippen LogP contribution >= 0.6 is 0 Å². The number of ketones is 1. The normalized spacial score (nSPS) is 25.0. The molecule has 0 saturated carbocycles. The first-order valence-corrected chi connectivity index (χ1v) is 12.7. The van der Waals surface area contributed by atoms with E-state index >= 15 is 0 Å². The number of carbonyl (C=O) groups is 2. The van der Waals surface area contributed by atoms with Crippen LogP contribution in [0.15, 0.2) is 42.5 Å². The smallest absolute Gasteiger partial charge is 0.338 e. The Bertz CT molecular complexity index is 1550. The minimum atomic E-state index is -1.85. The summed E-state index contributed by atoms with van der Waals surface area (Å²) in [6.45, 7) is -0.694. The third-order valence-corrected chi connectivity index (χ3v) is 6.95. The molecule has 1 saturated heterocycles. The molecule has 2 heterocycles. The van der Waals surface area contributed by atoms with E-state index in [0.717, 1.165) is 18.2 Å². The van der Waals surface area contributed by atoms with Crippen molar-refractivity contribution in [2.75, 3.05) is 6.61 Å². The van der Waals surface area contributed by atoms with Gasteiger partial charge in [-0.3, -0.25) is 4.79 Å². The van der Waals surface area contributed by atoms with Crippen molar-refractivity contribution in [2.45, 2.75) is 43.2 Å². The van der Waals surface area contributed by atoms with Gasteiger partial charge in [0, 0.05) is 12.1 Å². The van der Waals surface area contributed by atoms with Crippen LogP contribution in [0.2, 0.25) is 0 Å². The number of fused-ring (bicyclic) bond motifs is 1. The van der Waals surface area contributed by atoms with Gasteiger partial charge in [0.2, 0.25) is 6.29 Å². The molecule has 3 aromatic carbocycles. The summed E-state index contributed by atoms with van der Waals surface area (Å²) in [7, 11) is 0. The van der Waals surface area contributed by atoms with Crippen molar-refractivity contribution in [2.24, 2.45) is 0 Å². The Morgan fingerprint density at radius 1 is 0.814 bits per heavy atom. The summed E-state index contributed by atoms with van der Waals surface area (Å²) < 4.78 is 22.0. The molecule has 2 aliphatic rings. The second-order valence-corrected chi connectivity index (χ2v) is 9.89. The maximum absolute atomic E-state index is 12.8. The Balaban J connectivity index is 1.31. The summed E-state index contributed by atoms with van der Waals surface area (Å²) in [4.78, 5) is 25.2.